The van der Waals surface area contributed by atoms with Gasteiger partial charge in [-0.05, 0) is 53.8 Å². The van der Waals surface area contributed by atoms with E-state index in [0.29, 0.717) is 29.7 Å². The Morgan fingerprint density at radius 1 is 1.00 bits per heavy atom. The smallest absolute Gasteiger partial charge is 0.312 e. The van der Waals surface area contributed by atoms with E-state index >= 15 is 0 Å². The van der Waals surface area contributed by atoms with E-state index in [9.17, 15) is 13.2 Å². The van der Waals surface area contributed by atoms with Crippen LogP contribution >= 0.6 is 0 Å². The van der Waals surface area contributed by atoms with Gasteiger partial charge in [0, 0.05) is 18.8 Å². The van der Waals surface area contributed by atoms with Crippen molar-refractivity contribution in [2.45, 2.75) is 23.6 Å². The molecular weight excluding hydrogens is 468 g/mol. The number of hydrogen-bond donors (Lipinski definition) is 1. The highest BCUT2D eigenvalue weighted by molar-refractivity contribution is 7.88. The number of carbonyl (C=O) groups is 1. The van der Waals surface area contributed by atoms with Gasteiger partial charge in [0.05, 0.1) is 18.6 Å². The first-order valence-electron chi connectivity index (χ1n) is 11.0. The van der Waals surface area contributed by atoms with Gasteiger partial charge in [-0.25, -0.2) is 4.99 Å². The van der Waals surface area contributed by atoms with Crippen LogP contribution in [0.15, 0.2) is 72.0 Å². The summed E-state index contributed by atoms with van der Waals surface area (Å²) in [5.74, 6) is 0.417. The van der Waals surface area contributed by atoms with Crippen LogP contribution < -0.4 is 14.7 Å². The summed E-state index contributed by atoms with van der Waals surface area (Å²) in [7, 11) is -0.607. The molecule has 1 fully saturated rings. The molecule has 2 aliphatic rings. The molecule has 2 aromatic carbocycles. The first-order valence-corrected chi connectivity index (χ1v) is 12.5. The first kappa shape index (κ1) is 22.9. The van der Waals surface area contributed by atoms with Crippen molar-refractivity contribution < 1.29 is 22.1 Å². The van der Waals surface area contributed by atoms with Gasteiger partial charge in [0.2, 0.25) is 0 Å². The van der Waals surface area contributed by atoms with Crippen molar-refractivity contribution in [3.05, 3.63) is 78.1 Å². The second-order valence-corrected chi connectivity index (χ2v) is 10.4. The van der Waals surface area contributed by atoms with Crippen LogP contribution in [0.5, 0.6) is 11.5 Å². The van der Waals surface area contributed by atoms with Crippen LogP contribution in [0.2, 0.25) is 0 Å². The lowest BCUT2D eigenvalue weighted by atomic mass is 9.81. The molecule has 9 nitrogen and oxygen atoms in total. The second-order valence-electron chi connectivity index (χ2n) is 8.54. The summed E-state index contributed by atoms with van der Waals surface area (Å²) >= 11 is 0. The third-order valence-corrected chi connectivity index (χ3v) is 7.91. The number of rotatable bonds is 7. The zero-order valence-electron chi connectivity index (χ0n) is 19.2. The predicted molar refractivity (Wildman–Crippen MR) is 130 cm³/mol. The molecule has 1 saturated carbocycles. The molecule has 1 aliphatic carbocycles. The summed E-state index contributed by atoms with van der Waals surface area (Å²) in [5.41, 5.74) is 7.19. The lowest BCUT2D eigenvalue weighted by Gasteiger charge is -2.27. The van der Waals surface area contributed by atoms with Gasteiger partial charge in [-0.15, -0.1) is 0 Å². The summed E-state index contributed by atoms with van der Waals surface area (Å²) in [5, 5.41) is -0.485. The molecule has 0 radical (unpaired) electrons. The Balaban J connectivity index is 1.64. The average Bonchev–Trinajstić information content (AvgIpc) is 3.70. The minimum Gasteiger partial charge on any atom is -0.495 e. The molecule has 1 aliphatic heterocycles. The Hall–Kier alpha value is -3.92. The molecule has 0 spiro atoms. The number of pyridine rings is 1. The third-order valence-electron chi connectivity index (χ3n) is 6.20. The van der Waals surface area contributed by atoms with Crippen molar-refractivity contribution in [1.82, 2.24) is 9.88 Å². The number of benzene rings is 2. The van der Waals surface area contributed by atoms with Crippen LogP contribution in [0.4, 0.5) is 0 Å². The maximum absolute atomic E-state index is 13.6. The van der Waals surface area contributed by atoms with Crippen LogP contribution in [0.3, 0.4) is 0 Å². The maximum Gasteiger partial charge on any atom is 0.312 e. The summed E-state index contributed by atoms with van der Waals surface area (Å²) in [6.45, 7) is 0. The largest absolute Gasteiger partial charge is 0.495 e. The van der Waals surface area contributed by atoms with Gasteiger partial charge < -0.3 is 14.7 Å². The number of aromatic nitrogens is 1. The van der Waals surface area contributed by atoms with E-state index in [1.807, 2.05) is 24.3 Å². The number of carbonyl (C=O) groups excluding carboxylic acids is 1. The number of nitrogens with zero attached hydrogens (tertiary/aromatic N) is 3. The molecule has 0 bridgehead atoms. The lowest BCUT2D eigenvalue weighted by Crippen LogP contribution is -2.41. The normalized spacial score (nSPS) is 20.0. The molecule has 5 rings (SSSR count). The standard InChI is InChI=1S/C25H24N4O5S/c1-29-23(30)25(28-24(29)26,19-7-4-8-20(13-19)34-35(31,32)22-9-10-22)18-6-3-5-16(11-18)17-12-21(33-2)15-27-14-17/h3-8,11-15,22H,9-10H2,1-2H3,(H2,26,28). The minimum atomic E-state index is -3.72. The molecule has 0 saturated heterocycles. The van der Waals surface area contributed by atoms with Gasteiger partial charge in [0.1, 0.15) is 11.5 Å². The van der Waals surface area contributed by atoms with Crippen molar-refractivity contribution in [2.75, 3.05) is 14.2 Å². The zero-order chi connectivity index (χ0) is 24.8. The van der Waals surface area contributed by atoms with Crippen LogP contribution in [0, 0.1) is 0 Å². The van der Waals surface area contributed by atoms with E-state index in [-0.39, 0.29) is 17.6 Å². The fourth-order valence-electron chi connectivity index (χ4n) is 4.13. The quantitative estimate of drug-likeness (QED) is 0.503. The van der Waals surface area contributed by atoms with Crippen molar-refractivity contribution in [2.24, 2.45) is 10.7 Å². The van der Waals surface area contributed by atoms with Gasteiger partial charge in [0.25, 0.3) is 5.91 Å². The van der Waals surface area contributed by atoms with E-state index < -0.39 is 20.9 Å². The van der Waals surface area contributed by atoms with Crippen LogP contribution in [0.25, 0.3) is 11.1 Å². The van der Waals surface area contributed by atoms with E-state index in [2.05, 4.69) is 9.98 Å². The SMILES string of the molecule is COc1cncc(-c2cccc(C3(c4cccc(OS(=O)(=O)C5CC5)c4)N=C(N)N(C)C3=O)c2)c1. The summed E-state index contributed by atoms with van der Waals surface area (Å²) in [6, 6.07) is 15.6. The van der Waals surface area contributed by atoms with Gasteiger partial charge in [-0.3, -0.25) is 14.7 Å². The van der Waals surface area contributed by atoms with Crippen LogP contribution in [-0.2, 0) is 20.5 Å². The molecule has 10 heteroatoms. The highest BCUT2D eigenvalue weighted by Crippen LogP contribution is 2.42. The molecule has 3 aromatic rings. The number of methoxy groups -OCH3 is 1. The number of aliphatic imine (C=N–C) groups is 1. The molecule has 2 N–H and O–H groups in total. The number of nitrogens with two attached hydrogens (primary N) is 1. The molecule has 180 valence electrons. The number of likely N-dealkylation sites (N-methyl/N-ethyl adjacent to an activating group) is 1. The van der Waals surface area contributed by atoms with Gasteiger partial charge >= 0.3 is 10.1 Å². The Kier molecular flexibility index (Phi) is 5.47. The molecule has 1 unspecified atom stereocenters. The highest BCUT2D eigenvalue weighted by Gasteiger charge is 2.50. The topological polar surface area (TPSA) is 124 Å². The summed E-state index contributed by atoms with van der Waals surface area (Å²) in [4.78, 5) is 23.7. The Morgan fingerprint density at radius 3 is 2.37 bits per heavy atom. The molecule has 1 atom stereocenters. The minimum absolute atomic E-state index is 0.0559. The highest BCUT2D eigenvalue weighted by atomic mass is 32.2. The number of ether oxygens (including phenoxy) is 1. The number of hydrogen-bond acceptors (Lipinski definition) is 8. The monoisotopic (exact) mass is 492 g/mol. The van der Waals surface area contributed by atoms with E-state index in [1.54, 1.807) is 50.8 Å². The molecule has 1 amide bonds. The maximum atomic E-state index is 13.6. The number of guanidine groups is 1. The summed E-state index contributed by atoms with van der Waals surface area (Å²) < 4.78 is 35.5. The first-order chi connectivity index (χ1) is 16.7. The van der Waals surface area contributed by atoms with Gasteiger partial charge in [-0.1, -0.05) is 30.3 Å². The van der Waals surface area contributed by atoms with E-state index in [1.165, 1.54) is 11.0 Å². The van der Waals surface area contributed by atoms with E-state index in [0.717, 1.165) is 11.1 Å². The second kappa shape index (κ2) is 8.38. The lowest BCUT2D eigenvalue weighted by molar-refractivity contribution is -0.129. The fourth-order valence-corrected chi connectivity index (χ4v) is 5.35. The predicted octanol–water partition coefficient (Wildman–Crippen LogP) is 2.66. The van der Waals surface area contributed by atoms with Crippen molar-refractivity contribution >= 4 is 22.0 Å². The Labute approximate surface area is 203 Å². The molecule has 2 heterocycles. The fraction of sp³-hybridized carbons (Fsp3) is 0.240. The van der Waals surface area contributed by atoms with Crippen molar-refractivity contribution in [3.8, 4) is 22.6 Å². The molecule has 35 heavy (non-hydrogen) atoms. The Morgan fingerprint density at radius 2 is 1.71 bits per heavy atom. The van der Waals surface area contributed by atoms with Crippen LogP contribution in [-0.4, -0.2) is 49.6 Å². The van der Waals surface area contributed by atoms with Crippen molar-refractivity contribution in [3.63, 3.8) is 0 Å². The Bertz CT molecular complexity index is 1450. The third kappa shape index (κ3) is 3.99. The van der Waals surface area contributed by atoms with E-state index in [4.69, 9.17) is 14.7 Å². The molecular formula is C25H24N4O5S. The molecule has 1 aromatic heterocycles. The number of amides is 1. The van der Waals surface area contributed by atoms with Crippen LogP contribution in [0.1, 0.15) is 24.0 Å². The van der Waals surface area contributed by atoms with Gasteiger partial charge in [-0.2, -0.15) is 8.42 Å². The summed E-state index contributed by atoms with van der Waals surface area (Å²) in [6.07, 6.45) is 4.48. The average molecular weight is 493 g/mol. The van der Waals surface area contributed by atoms with Crippen molar-refractivity contribution in [1.29, 1.82) is 0 Å². The van der Waals surface area contributed by atoms with Gasteiger partial charge in [0.15, 0.2) is 11.5 Å². The zero-order valence-corrected chi connectivity index (χ0v) is 20.0.